The number of carbonyl (C=O) groups excluding carboxylic acids is 2. The van der Waals surface area contributed by atoms with E-state index in [0.29, 0.717) is 49.5 Å². The van der Waals surface area contributed by atoms with Gasteiger partial charge < -0.3 is 19.7 Å². The molecule has 0 aliphatic carbocycles. The lowest BCUT2D eigenvalue weighted by Crippen LogP contribution is -2.34. The van der Waals surface area contributed by atoms with E-state index in [-0.39, 0.29) is 36.8 Å². The minimum absolute atomic E-state index is 0.0124. The minimum Gasteiger partial charge on any atom is -0.467 e. The molecule has 2 amide bonds. The summed E-state index contributed by atoms with van der Waals surface area (Å²) >= 11 is 0. The predicted octanol–water partition coefficient (Wildman–Crippen LogP) is 2.40. The Morgan fingerprint density at radius 2 is 2.07 bits per heavy atom. The molecule has 1 atom stereocenters. The van der Waals surface area contributed by atoms with Gasteiger partial charge in [0.1, 0.15) is 11.6 Å². The van der Waals surface area contributed by atoms with Crippen molar-refractivity contribution in [1.82, 2.24) is 10.2 Å². The molecular weight excluding hydrogens is 375 g/mol. The largest absolute Gasteiger partial charge is 0.467 e. The number of carbonyl (C=O) groups is 2. The quantitative estimate of drug-likeness (QED) is 0.812. The SMILES string of the molecule is O=C(NCCc1cc(F)cc2c1OCOC2)C1CC(=O)N(Cc2ccccc2)C1. The number of fused-ring (bicyclic) bond motifs is 1. The Morgan fingerprint density at radius 1 is 1.24 bits per heavy atom. The number of halogens is 1. The van der Waals surface area contributed by atoms with Crippen LogP contribution in [0.4, 0.5) is 4.39 Å². The zero-order valence-electron chi connectivity index (χ0n) is 16.0. The van der Waals surface area contributed by atoms with Crippen molar-refractivity contribution in [3.8, 4) is 5.75 Å². The lowest BCUT2D eigenvalue weighted by molar-refractivity contribution is -0.129. The summed E-state index contributed by atoms with van der Waals surface area (Å²) in [5.74, 6) is -0.239. The summed E-state index contributed by atoms with van der Waals surface area (Å²) in [6.07, 6.45) is 0.661. The van der Waals surface area contributed by atoms with Crippen molar-refractivity contribution < 1.29 is 23.5 Å². The molecule has 4 rings (SSSR count). The van der Waals surface area contributed by atoms with E-state index in [9.17, 15) is 14.0 Å². The van der Waals surface area contributed by atoms with Gasteiger partial charge in [-0.15, -0.1) is 0 Å². The predicted molar refractivity (Wildman–Crippen MR) is 103 cm³/mol. The van der Waals surface area contributed by atoms with Crippen LogP contribution in [0, 0.1) is 11.7 Å². The van der Waals surface area contributed by atoms with Crippen molar-refractivity contribution in [3.63, 3.8) is 0 Å². The summed E-state index contributed by atoms with van der Waals surface area (Å²) in [5.41, 5.74) is 2.43. The second-order valence-electron chi connectivity index (χ2n) is 7.37. The smallest absolute Gasteiger partial charge is 0.225 e. The lowest BCUT2D eigenvalue weighted by atomic mass is 10.0. The second kappa shape index (κ2) is 8.61. The van der Waals surface area contributed by atoms with Crippen LogP contribution >= 0.6 is 0 Å². The molecule has 1 N–H and O–H groups in total. The third kappa shape index (κ3) is 4.56. The highest BCUT2D eigenvalue weighted by Gasteiger charge is 2.34. The van der Waals surface area contributed by atoms with Gasteiger partial charge in [0.2, 0.25) is 11.8 Å². The maximum Gasteiger partial charge on any atom is 0.225 e. The van der Waals surface area contributed by atoms with E-state index in [0.717, 1.165) is 5.56 Å². The van der Waals surface area contributed by atoms with Crippen LogP contribution in [0.25, 0.3) is 0 Å². The minimum atomic E-state index is -0.364. The van der Waals surface area contributed by atoms with Crippen molar-refractivity contribution in [2.45, 2.75) is 26.0 Å². The Labute approximate surface area is 168 Å². The van der Waals surface area contributed by atoms with E-state index in [2.05, 4.69) is 5.32 Å². The van der Waals surface area contributed by atoms with Gasteiger partial charge in [0, 0.05) is 31.6 Å². The van der Waals surface area contributed by atoms with Crippen LogP contribution in [0.3, 0.4) is 0 Å². The third-order valence-corrected chi connectivity index (χ3v) is 5.25. The summed E-state index contributed by atoms with van der Waals surface area (Å²) < 4.78 is 24.5. The molecule has 29 heavy (non-hydrogen) atoms. The van der Waals surface area contributed by atoms with Gasteiger partial charge in [0.15, 0.2) is 6.79 Å². The molecule has 152 valence electrons. The fourth-order valence-corrected chi connectivity index (χ4v) is 3.81. The molecule has 0 spiro atoms. The number of nitrogens with one attached hydrogen (secondary N) is 1. The highest BCUT2D eigenvalue weighted by atomic mass is 19.1. The topological polar surface area (TPSA) is 67.9 Å². The molecule has 1 fully saturated rings. The van der Waals surface area contributed by atoms with Crippen LogP contribution in [-0.2, 0) is 33.9 Å². The van der Waals surface area contributed by atoms with E-state index >= 15 is 0 Å². The number of hydrogen-bond acceptors (Lipinski definition) is 4. The van der Waals surface area contributed by atoms with E-state index in [1.807, 2.05) is 30.3 Å². The lowest BCUT2D eigenvalue weighted by Gasteiger charge is -2.21. The average molecular weight is 398 g/mol. The first-order valence-electron chi connectivity index (χ1n) is 9.71. The average Bonchev–Trinajstić information content (AvgIpc) is 3.09. The summed E-state index contributed by atoms with van der Waals surface area (Å²) in [6, 6.07) is 12.6. The zero-order valence-corrected chi connectivity index (χ0v) is 16.0. The Balaban J connectivity index is 1.30. The first kappa shape index (κ1) is 19.4. The molecule has 1 saturated heterocycles. The van der Waals surface area contributed by atoms with Crippen LogP contribution < -0.4 is 10.1 Å². The highest BCUT2D eigenvalue weighted by molar-refractivity contribution is 5.89. The standard InChI is InChI=1S/C22H23FN2O4/c23-19-8-16(21-18(9-19)13-28-14-29-21)6-7-24-22(27)17-10-20(26)25(12-17)11-15-4-2-1-3-5-15/h1-5,8-9,17H,6-7,10-14H2,(H,24,27). The van der Waals surface area contributed by atoms with Crippen LogP contribution in [0.5, 0.6) is 5.75 Å². The van der Waals surface area contributed by atoms with Gasteiger partial charge in [-0.3, -0.25) is 9.59 Å². The normalized spacial score (nSPS) is 18.3. The van der Waals surface area contributed by atoms with E-state index in [1.165, 1.54) is 12.1 Å². The number of hydrogen-bond donors (Lipinski definition) is 1. The molecular formula is C22H23FN2O4. The Hall–Kier alpha value is -2.93. The van der Waals surface area contributed by atoms with Gasteiger partial charge in [0.05, 0.1) is 12.5 Å². The van der Waals surface area contributed by atoms with Crippen LogP contribution in [-0.4, -0.2) is 36.6 Å². The molecule has 2 heterocycles. The molecule has 7 heteroatoms. The molecule has 0 saturated carbocycles. The van der Waals surface area contributed by atoms with Gasteiger partial charge in [-0.2, -0.15) is 0 Å². The van der Waals surface area contributed by atoms with Crippen LogP contribution in [0.15, 0.2) is 42.5 Å². The van der Waals surface area contributed by atoms with Gasteiger partial charge in [0.25, 0.3) is 0 Å². The van der Waals surface area contributed by atoms with Crippen molar-refractivity contribution in [2.24, 2.45) is 5.92 Å². The first-order valence-corrected chi connectivity index (χ1v) is 9.71. The van der Waals surface area contributed by atoms with Gasteiger partial charge in [-0.1, -0.05) is 30.3 Å². The molecule has 0 radical (unpaired) electrons. The van der Waals surface area contributed by atoms with Gasteiger partial charge in [-0.25, -0.2) is 4.39 Å². The second-order valence-corrected chi connectivity index (χ2v) is 7.37. The molecule has 1 unspecified atom stereocenters. The maximum absolute atomic E-state index is 13.8. The molecule has 6 nitrogen and oxygen atoms in total. The number of ether oxygens (including phenoxy) is 2. The first-order chi connectivity index (χ1) is 14.1. The molecule has 2 aromatic carbocycles. The van der Waals surface area contributed by atoms with E-state index in [4.69, 9.17) is 9.47 Å². The molecule has 2 aromatic rings. The number of rotatable bonds is 6. The number of likely N-dealkylation sites (tertiary alicyclic amines) is 1. The Kier molecular flexibility index (Phi) is 5.76. The maximum atomic E-state index is 13.8. The summed E-state index contributed by atoms with van der Waals surface area (Å²) in [7, 11) is 0. The highest BCUT2D eigenvalue weighted by Crippen LogP contribution is 2.29. The summed E-state index contributed by atoms with van der Waals surface area (Å²) in [4.78, 5) is 26.5. The van der Waals surface area contributed by atoms with Crippen molar-refractivity contribution in [3.05, 3.63) is 65.0 Å². The third-order valence-electron chi connectivity index (χ3n) is 5.25. The fourth-order valence-electron chi connectivity index (χ4n) is 3.81. The molecule has 2 aliphatic heterocycles. The zero-order chi connectivity index (χ0) is 20.2. The molecule has 0 bridgehead atoms. The van der Waals surface area contributed by atoms with Crippen molar-refractivity contribution in [2.75, 3.05) is 19.9 Å². The Bertz CT molecular complexity index is 903. The van der Waals surface area contributed by atoms with Crippen LogP contribution in [0.2, 0.25) is 0 Å². The van der Waals surface area contributed by atoms with Crippen molar-refractivity contribution in [1.29, 1.82) is 0 Å². The van der Waals surface area contributed by atoms with E-state index < -0.39 is 0 Å². The number of amides is 2. The van der Waals surface area contributed by atoms with E-state index in [1.54, 1.807) is 4.90 Å². The fraction of sp³-hybridized carbons (Fsp3) is 0.364. The van der Waals surface area contributed by atoms with Gasteiger partial charge in [-0.05, 0) is 29.7 Å². The molecule has 2 aliphatic rings. The Morgan fingerprint density at radius 3 is 2.90 bits per heavy atom. The summed E-state index contributed by atoms with van der Waals surface area (Å²) in [6.45, 7) is 1.73. The monoisotopic (exact) mass is 398 g/mol. The summed E-state index contributed by atoms with van der Waals surface area (Å²) in [5, 5.41) is 2.88. The van der Waals surface area contributed by atoms with Gasteiger partial charge >= 0.3 is 0 Å². The van der Waals surface area contributed by atoms with Crippen LogP contribution in [0.1, 0.15) is 23.1 Å². The number of nitrogens with zero attached hydrogens (tertiary/aromatic N) is 1. The number of benzene rings is 2. The molecule has 0 aromatic heterocycles. The van der Waals surface area contributed by atoms with Crippen molar-refractivity contribution >= 4 is 11.8 Å².